The average Bonchev–Trinajstić information content (AvgIpc) is 3.52. The topological polar surface area (TPSA) is 105 Å². The molecular weight excluding hydrogens is 448 g/mol. The van der Waals surface area contributed by atoms with E-state index in [1.165, 1.54) is 18.2 Å². The fourth-order valence-corrected chi connectivity index (χ4v) is 5.81. The van der Waals surface area contributed by atoms with Crippen molar-refractivity contribution in [3.8, 4) is 11.1 Å². The minimum Gasteiger partial charge on any atom is -0.481 e. The van der Waals surface area contributed by atoms with Crippen molar-refractivity contribution in [2.24, 2.45) is 17.8 Å². The summed E-state index contributed by atoms with van der Waals surface area (Å²) in [5.41, 5.74) is 4.64. The van der Waals surface area contributed by atoms with Crippen molar-refractivity contribution in [3.05, 3.63) is 59.7 Å². The molecule has 2 fully saturated rings. The van der Waals surface area contributed by atoms with Crippen molar-refractivity contribution in [1.29, 1.82) is 0 Å². The van der Waals surface area contributed by atoms with Crippen LogP contribution in [0.2, 0.25) is 0 Å². The summed E-state index contributed by atoms with van der Waals surface area (Å²) in [7, 11) is 1.47. The number of nitrogens with one attached hydrogen (secondary N) is 1. The minimum absolute atomic E-state index is 0.0126. The molecule has 8 nitrogen and oxygen atoms in total. The van der Waals surface area contributed by atoms with Gasteiger partial charge >= 0.3 is 12.1 Å². The highest BCUT2D eigenvalue weighted by molar-refractivity contribution is 5.82. The standard InChI is InChI=1S/C27H30N2O6/c1-34-23(25(30)29-13-11-20-21(14-29)24(20)26(31)32)10-12-28-27(33)35-15-22-18-8-4-2-6-16(18)17-7-3-5-9-19(17)22/h2-9,20-24H,10-15H2,1H3,(H,28,33)(H,31,32)/t20-,21+,23?,24?/m1/s1. The summed E-state index contributed by atoms with van der Waals surface area (Å²) < 4.78 is 10.9. The molecule has 2 N–H and O–H groups in total. The molecular formula is C27H30N2O6. The second kappa shape index (κ2) is 9.70. The third-order valence-corrected chi connectivity index (χ3v) is 7.67. The monoisotopic (exact) mass is 478 g/mol. The van der Waals surface area contributed by atoms with Crippen molar-refractivity contribution in [1.82, 2.24) is 10.2 Å². The second-order valence-corrected chi connectivity index (χ2v) is 9.53. The highest BCUT2D eigenvalue weighted by atomic mass is 16.5. The summed E-state index contributed by atoms with van der Waals surface area (Å²) in [5, 5.41) is 12.0. The Morgan fingerprint density at radius 2 is 1.71 bits per heavy atom. The van der Waals surface area contributed by atoms with E-state index < -0.39 is 18.2 Å². The molecule has 2 amide bonds. The lowest BCUT2D eigenvalue weighted by atomic mass is 9.98. The van der Waals surface area contributed by atoms with E-state index in [2.05, 4.69) is 29.6 Å². The molecule has 2 aliphatic carbocycles. The van der Waals surface area contributed by atoms with E-state index >= 15 is 0 Å². The lowest BCUT2D eigenvalue weighted by molar-refractivity contribution is -0.144. The number of alkyl carbamates (subject to hydrolysis) is 1. The molecule has 1 saturated heterocycles. The lowest BCUT2D eigenvalue weighted by Crippen LogP contribution is -2.44. The quantitative estimate of drug-likeness (QED) is 0.604. The maximum atomic E-state index is 12.9. The normalized spacial score (nSPS) is 23.0. The number of ether oxygens (including phenoxy) is 2. The molecule has 1 saturated carbocycles. The number of fused-ring (bicyclic) bond motifs is 4. The molecule has 0 aromatic heterocycles. The molecule has 0 spiro atoms. The number of hydrogen-bond donors (Lipinski definition) is 2. The highest BCUT2D eigenvalue weighted by Crippen LogP contribution is 2.51. The van der Waals surface area contributed by atoms with Gasteiger partial charge in [0.1, 0.15) is 12.7 Å². The Kier molecular flexibility index (Phi) is 6.47. The molecule has 3 aliphatic rings. The van der Waals surface area contributed by atoms with Crippen LogP contribution in [-0.2, 0) is 19.1 Å². The van der Waals surface area contributed by atoms with Gasteiger partial charge in [-0.25, -0.2) is 4.79 Å². The molecule has 2 aromatic rings. The van der Waals surface area contributed by atoms with Crippen LogP contribution < -0.4 is 5.32 Å². The predicted octanol–water partition coefficient (Wildman–Crippen LogP) is 3.11. The SMILES string of the molecule is COC(CCNC(=O)OCC1c2ccccc2-c2ccccc21)C(=O)N1CC[C@H]2C(C(=O)O)[C@H]2C1. The van der Waals surface area contributed by atoms with E-state index in [-0.39, 0.29) is 42.7 Å². The first-order valence-corrected chi connectivity index (χ1v) is 12.1. The molecule has 2 aromatic carbocycles. The zero-order valence-corrected chi connectivity index (χ0v) is 19.7. The van der Waals surface area contributed by atoms with Crippen LogP contribution in [-0.4, -0.2) is 67.4 Å². The van der Waals surface area contributed by atoms with Gasteiger partial charge in [-0.1, -0.05) is 48.5 Å². The van der Waals surface area contributed by atoms with Crippen LogP contribution in [0.5, 0.6) is 0 Å². The Bertz CT molecular complexity index is 1090. The first-order valence-electron chi connectivity index (χ1n) is 12.1. The van der Waals surface area contributed by atoms with Gasteiger partial charge in [-0.2, -0.15) is 0 Å². The van der Waals surface area contributed by atoms with Gasteiger partial charge < -0.3 is 24.8 Å². The third-order valence-electron chi connectivity index (χ3n) is 7.67. The molecule has 1 aliphatic heterocycles. The van der Waals surface area contributed by atoms with Crippen molar-refractivity contribution < 1.29 is 29.0 Å². The van der Waals surface area contributed by atoms with E-state index in [4.69, 9.17) is 9.47 Å². The van der Waals surface area contributed by atoms with E-state index in [1.807, 2.05) is 24.3 Å². The van der Waals surface area contributed by atoms with Crippen LogP contribution in [0.3, 0.4) is 0 Å². The zero-order chi connectivity index (χ0) is 24.5. The average molecular weight is 479 g/mol. The third kappa shape index (κ3) is 4.50. The van der Waals surface area contributed by atoms with Gasteiger partial charge in [0.15, 0.2) is 0 Å². The molecule has 184 valence electrons. The maximum Gasteiger partial charge on any atom is 0.407 e. The number of carboxylic acid groups (broad SMARTS) is 1. The predicted molar refractivity (Wildman–Crippen MR) is 128 cm³/mol. The number of carbonyl (C=O) groups is 3. The maximum absolute atomic E-state index is 12.9. The highest BCUT2D eigenvalue weighted by Gasteiger charge is 2.57. The van der Waals surface area contributed by atoms with Crippen LogP contribution in [0.4, 0.5) is 4.79 Å². The number of carbonyl (C=O) groups excluding carboxylic acids is 2. The number of piperidine rings is 1. The van der Waals surface area contributed by atoms with E-state index in [9.17, 15) is 19.5 Å². The number of rotatable bonds is 8. The summed E-state index contributed by atoms with van der Waals surface area (Å²) >= 11 is 0. The molecule has 8 heteroatoms. The lowest BCUT2D eigenvalue weighted by Gasteiger charge is -2.29. The van der Waals surface area contributed by atoms with Gasteiger partial charge in [-0.15, -0.1) is 0 Å². The number of benzene rings is 2. The fourth-order valence-electron chi connectivity index (χ4n) is 5.81. The minimum atomic E-state index is -0.773. The van der Waals surface area contributed by atoms with Gasteiger partial charge in [0.25, 0.3) is 5.91 Å². The summed E-state index contributed by atoms with van der Waals surface area (Å²) in [6.07, 6.45) is -0.200. The molecule has 35 heavy (non-hydrogen) atoms. The van der Waals surface area contributed by atoms with Gasteiger partial charge in [0.05, 0.1) is 5.92 Å². The second-order valence-electron chi connectivity index (χ2n) is 9.53. The first kappa shape index (κ1) is 23.4. The van der Waals surface area contributed by atoms with Gasteiger partial charge in [0.2, 0.25) is 0 Å². The van der Waals surface area contributed by atoms with E-state index in [1.54, 1.807) is 4.90 Å². The fraction of sp³-hybridized carbons (Fsp3) is 0.444. The van der Waals surface area contributed by atoms with Crippen LogP contribution in [0.15, 0.2) is 48.5 Å². The van der Waals surface area contributed by atoms with E-state index in [0.717, 1.165) is 11.1 Å². The Morgan fingerprint density at radius 1 is 1.06 bits per heavy atom. The number of methoxy groups -OCH3 is 1. The number of amides is 2. The van der Waals surface area contributed by atoms with Crippen molar-refractivity contribution in [3.63, 3.8) is 0 Å². The van der Waals surface area contributed by atoms with Gasteiger partial charge in [0, 0.05) is 39.1 Å². The number of carboxylic acids is 1. The van der Waals surface area contributed by atoms with Crippen LogP contribution in [0.1, 0.15) is 29.9 Å². The number of hydrogen-bond acceptors (Lipinski definition) is 5. The Balaban J connectivity index is 1.10. The smallest absolute Gasteiger partial charge is 0.407 e. The number of likely N-dealkylation sites (tertiary alicyclic amines) is 1. The number of nitrogens with zero attached hydrogens (tertiary/aromatic N) is 1. The van der Waals surface area contributed by atoms with E-state index in [0.29, 0.717) is 25.9 Å². The molecule has 0 radical (unpaired) electrons. The molecule has 0 bridgehead atoms. The van der Waals surface area contributed by atoms with Crippen molar-refractivity contribution in [2.75, 3.05) is 33.4 Å². The molecule has 2 unspecified atom stereocenters. The molecule has 1 heterocycles. The molecule has 5 rings (SSSR count). The summed E-state index contributed by atoms with van der Waals surface area (Å²) in [4.78, 5) is 38.3. The van der Waals surface area contributed by atoms with Crippen LogP contribution in [0.25, 0.3) is 11.1 Å². The van der Waals surface area contributed by atoms with Gasteiger partial charge in [-0.3, -0.25) is 9.59 Å². The Labute approximate surface area is 204 Å². The van der Waals surface area contributed by atoms with Crippen molar-refractivity contribution in [2.45, 2.75) is 24.9 Å². The Hall–Kier alpha value is -3.39. The number of aliphatic carboxylic acids is 1. The summed E-state index contributed by atoms with van der Waals surface area (Å²) in [5.74, 6) is -1.04. The first-order chi connectivity index (χ1) is 17.0. The summed E-state index contributed by atoms with van der Waals surface area (Å²) in [6.45, 7) is 1.47. The van der Waals surface area contributed by atoms with Gasteiger partial charge in [-0.05, 0) is 40.5 Å². The van der Waals surface area contributed by atoms with Crippen molar-refractivity contribution >= 4 is 18.0 Å². The molecule has 4 atom stereocenters. The zero-order valence-electron chi connectivity index (χ0n) is 19.7. The Morgan fingerprint density at radius 3 is 2.34 bits per heavy atom. The van der Waals surface area contributed by atoms with Crippen LogP contribution in [0, 0.1) is 17.8 Å². The van der Waals surface area contributed by atoms with Crippen LogP contribution >= 0.6 is 0 Å². The summed E-state index contributed by atoms with van der Waals surface area (Å²) in [6, 6.07) is 16.3. The largest absolute Gasteiger partial charge is 0.481 e.